The summed E-state index contributed by atoms with van der Waals surface area (Å²) >= 11 is 7.16. The first kappa shape index (κ1) is 13.4. The lowest BCUT2D eigenvalue weighted by atomic mass is 10.1. The molecule has 0 aromatic carbocycles. The maximum atomic E-state index is 12.0. The van der Waals surface area contributed by atoms with E-state index in [2.05, 4.69) is 0 Å². The van der Waals surface area contributed by atoms with E-state index in [1.165, 1.54) is 11.3 Å². The Kier molecular flexibility index (Phi) is 4.07. The van der Waals surface area contributed by atoms with E-state index in [-0.39, 0.29) is 12.0 Å². The van der Waals surface area contributed by atoms with E-state index < -0.39 is 0 Å². The smallest absolute Gasteiger partial charge is 0.264 e. The quantitative estimate of drug-likeness (QED) is 0.856. The predicted octanol–water partition coefficient (Wildman–Crippen LogP) is 2.28. The molecule has 0 saturated carbocycles. The summed E-state index contributed by atoms with van der Waals surface area (Å²) in [4.78, 5) is 14.6. The second-order valence-electron chi connectivity index (χ2n) is 5.00. The van der Waals surface area contributed by atoms with Gasteiger partial charge in [-0.3, -0.25) is 4.79 Å². The van der Waals surface area contributed by atoms with Crippen LogP contribution in [0.1, 0.15) is 16.1 Å². The number of halogens is 1. The van der Waals surface area contributed by atoms with Crippen molar-refractivity contribution in [3.8, 4) is 0 Å². The third kappa shape index (κ3) is 3.11. The molecule has 0 bridgehead atoms. The van der Waals surface area contributed by atoms with E-state index in [1.54, 1.807) is 17.0 Å². The Balaban J connectivity index is 1.41. The Morgan fingerprint density at radius 3 is 3.00 bits per heavy atom. The largest absolute Gasteiger partial charge is 0.381 e. The summed E-state index contributed by atoms with van der Waals surface area (Å²) in [5.41, 5.74) is 0. The fourth-order valence-electron chi connectivity index (χ4n) is 2.28. The molecular formula is C13H16ClNO3S. The average Bonchev–Trinajstić information content (AvgIpc) is 2.97. The van der Waals surface area contributed by atoms with Crippen LogP contribution in [0.2, 0.25) is 4.34 Å². The summed E-state index contributed by atoms with van der Waals surface area (Å²) in [6.07, 6.45) is 1.27. The number of rotatable bonds is 4. The van der Waals surface area contributed by atoms with E-state index in [1.807, 2.05) is 0 Å². The van der Waals surface area contributed by atoms with E-state index in [0.717, 1.165) is 26.2 Å². The molecule has 3 heterocycles. The van der Waals surface area contributed by atoms with Gasteiger partial charge in [0.2, 0.25) is 0 Å². The number of nitrogens with zero attached hydrogens (tertiary/aromatic N) is 1. The monoisotopic (exact) mass is 301 g/mol. The highest BCUT2D eigenvalue weighted by atomic mass is 35.5. The molecule has 2 aliphatic rings. The normalized spacial score (nSPS) is 23.6. The number of carbonyl (C=O) groups excluding carboxylic acids is 1. The zero-order chi connectivity index (χ0) is 13.2. The van der Waals surface area contributed by atoms with Gasteiger partial charge in [0.05, 0.1) is 28.5 Å². The molecule has 1 aromatic heterocycles. The zero-order valence-electron chi connectivity index (χ0n) is 10.5. The van der Waals surface area contributed by atoms with Crippen LogP contribution >= 0.6 is 22.9 Å². The van der Waals surface area contributed by atoms with Gasteiger partial charge in [-0.15, -0.1) is 11.3 Å². The van der Waals surface area contributed by atoms with Crippen LogP contribution in [0.15, 0.2) is 12.1 Å². The van der Waals surface area contributed by atoms with Gasteiger partial charge in [0.1, 0.15) is 0 Å². The Hall–Kier alpha value is -0.620. The van der Waals surface area contributed by atoms with Gasteiger partial charge in [0.15, 0.2) is 0 Å². The van der Waals surface area contributed by atoms with Crippen LogP contribution in [0.25, 0.3) is 0 Å². The van der Waals surface area contributed by atoms with E-state index >= 15 is 0 Å². The fourth-order valence-corrected chi connectivity index (χ4v) is 3.29. The van der Waals surface area contributed by atoms with Crippen molar-refractivity contribution in [3.05, 3.63) is 21.3 Å². The molecule has 0 radical (unpaired) electrons. The highest BCUT2D eigenvalue weighted by Gasteiger charge is 2.33. The molecule has 1 atom stereocenters. The Morgan fingerprint density at radius 1 is 1.53 bits per heavy atom. The third-order valence-corrected chi connectivity index (χ3v) is 4.73. The molecule has 4 nitrogen and oxygen atoms in total. The van der Waals surface area contributed by atoms with Crippen molar-refractivity contribution >= 4 is 28.8 Å². The van der Waals surface area contributed by atoms with E-state index in [0.29, 0.717) is 28.2 Å². The van der Waals surface area contributed by atoms with Gasteiger partial charge in [-0.1, -0.05) is 11.6 Å². The number of hydrogen-bond donors (Lipinski definition) is 0. The third-order valence-electron chi connectivity index (χ3n) is 3.51. The van der Waals surface area contributed by atoms with Crippen molar-refractivity contribution < 1.29 is 14.3 Å². The van der Waals surface area contributed by atoms with Crippen LogP contribution in [-0.2, 0) is 9.47 Å². The topological polar surface area (TPSA) is 38.8 Å². The zero-order valence-corrected chi connectivity index (χ0v) is 12.1. The van der Waals surface area contributed by atoms with Gasteiger partial charge in [-0.25, -0.2) is 0 Å². The van der Waals surface area contributed by atoms with Crippen LogP contribution < -0.4 is 0 Å². The highest BCUT2D eigenvalue weighted by Crippen LogP contribution is 2.25. The lowest BCUT2D eigenvalue weighted by molar-refractivity contribution is -0.0540. The van der Waals surface area contributed by atoms with Crippen molar-refractivity contribution in [1.29, 1.82) is 0 Å². The lowest BCUT2D eigenvalue weighted by Crippen LogP contribution is -2.54. The molecule has 0 spiro atoms. The first-order valence-electron chi connectivity index (χ1n) is 6.46. The van der Waals surface area contributed by atoms with Gasteiger partial charge in [0.25, 0.3) is 5.91 Å². The minimum Gasteiger partial charge on any atom is -0.381 e. The minimum atomic E-state index is 0.0564. The summed E-state index contributed by atoms with van der Waals surface area (Å²) in [5, 5.41) is 0. The molecule has 1 amide bonds. The van der Waals surface area contributed by atoms with Crippen molar-refractivity contribution in [1.82, 2.24) is 4.90 Å². The number of thiophene rings is 1. The van der Waals surface area contributed by atoms with Crippen molar-refractivity contribution in [2.45, 2.75) is 12.5 Å². The number of hydrogen-bond acceptors (Lipinski definition) is 4. The summed E-state index contributed by atoms with van der Waals surface area (Å²) in [6, 6.07) is 3.53. The average molecular weight is 302 g/mol. The van der Waals surface area contributed by atoms with Crippen LogP contribution in [0.3, 0.4) is 0 Å². The molecule has 104 valence electrons. The Labute approximate surface area is 121 Å². The Morgan fingerprint density at radius 2 is 2.37 bits per heavy atom. The first-order chi connectivity index (χ1) is 9.22. The molecular weight excluding hydrogens is 286 g/mol. The lowest BCUT2D eigenvalue weighted by Gasteiger charge is -2.39. The molecule has 0 N–H and O–H groups in total. The molecule has 1 aromatic rings. The van der Waals surface area contributed by atoms with Crippen LogP contribution in [0, 0.1) is 5.92 Å². The maximum absolute atomic E-state index is 12.0. The fraction of sp³-hybridized carbons (Fsp3) is 0.615. The van der Waals surface area contributed by atoms with Gasteiger partial charge in [0, 0.05) is 25.6 Å². The molecule has 1 unspecified atom stereocenters. The summed E-state index contributed by atoms with van der Waals surface area (Å²) < 4.78 is 11.7. The van der Waals surface area contributed by atoms with Gasteiger partial charge in [-0.05, 0) is 18.6 Å². The Bertz CT molecular complexity index is 452. The van der Waals surface area contributed by atoms with Gasteiger partial charge >= 0.3 is 0 Å². The molecule has 0 aliphatic carbocycles. The van der Waals surface area contributed by atoms with Crippen LogP contribution in [-0.4, -0.2) is 49.8 Å². The molecule has 6 heteroatoms. The van der Waals surface area contributed by atoms with Crippen LogP contribution in [0.4, 0.5) is 0 Å². The van der Waals surface area contributed by atoms with Crippen molar-refractivity contribution in [2.24, 2.45) is 5.92 Å². The molecule has 3 rings (SSSR count). The van der Waals surface area contributed by atoms with E-state index in [9.17, 15) is 4.79 Å². The number of likely N-dealkylation sites (tertiary alicyclic amines) is 1. The van der Waals surface area contributed by atoms with Crippen LogP contribution in [0.5, 0.6) is 0 Å². The van der Waals surface area contributed by atoms with Crippen molar-refractivity contribution in [2.75, 3.05) is 32.9 Å². The molecule has 2 aliphatic heterocycles. The number of amides is 1. The summed E-state index contributed by atoms with van der Waals surface area (Å²) in [5.74, 6) is 0.585. The first-order valence-corrected chi connectivity index (χ1v) is 7.66. The standard InChI is InChI=1S/C13H16ClNO3S/c14-12-2-1-11(19-12)13(16)15-5-10(6-15)18-8-9-3-4-17-7-9/h1-2,9-10H,3-8H2. The second-order valence-corrected chi connectivity index (χ2v) is 6.71. The number of carbonyl (C=O) groups is 1. The maximum Gasteiger partial charge on any atom is 0.264 e. The second kappa shape index (κ2) is 5.79. The van der Waals surface area contributed by atoms with Gasteiger partial charge < -0.3 is 14.4 Å². The number of ether oxygens (including phenoxy) is 2. The van der Waals surface area contributed by atoms with E-state index in [4.69, 9.17) is 21.1 Å². The minimum absolute atomic E-state index is 0.0564. The molecule has 2 fully saturated rings. The predicted molar refractivity (Wildman–Crippen MR) is 73.9 cm³/mol. The van der Waals surface area contributed by atoms with Crippen molar-refractivity contribution in [3.63, 3.8) is 0 Å². The summed E-state index contributed by atoms with van der Waals surface area (Å²) in [6.45, 7) is 3.77. The molecule has 2 saturated heterocycles. The SMILES string of the molecule is O=C(c1ccc(Cl)s1)N1CC(OCC2CCOC2)C1. The molecule has 19 heavy (non-hydrogen) atoms. The summed E-state index contributed by atoms with van der Waals surface area (Å²) in [7, 11) is 0. The van der Waals surface area contributed by atoms with Gasteiger partial charge in [-0.2, -0.15) is 0 Å². The highest BCUT2D eigenvalue weighted by molar-refractivity contribution is 7.17.